The van der Waals surface area contributed by atoms with Gasteiger partial charge in [-0.05, 0) is 43.4 Å². The first-order valence-corrected chi connectivity index (χ1v) is 8.99. The molecule has 2 fully saturated rings. The first kappa shape index (κ1) is 16.1. The number of aliphatic hydroxyl groups is 1. The number of hydrogen-bond donors (Lipinski definition) is 1. The van der Waals surface area contributed by atoms with E-state index in [1.165, 1.54) is 5.57 Å². The number of esters is 1. The van der Waals surface area contributed by atoms with Gasteiger partial charge in [0.05, 0.1) is 0 Å². The summed E-state index contributed by atoms with van der Waals surface area (Å²) in [6, 6.07) is 0. The second kappa shape index (κ2) is 4.81. The van der Waals surface area contributed by atoms with Crippen LogP contribution in [0.25, 0.3) is 0 Å². The van der Waals surface area contributed by atoms with E-state index in [4.69, 9.17) is 4.74 Å². The number of carbonyl (C=O) groups excluding carboxylic acids is 2. The molecule has 1 heterocycles. The molecule has 4 nitrogen and oxygen atoms in total. The topological polar surface area (TPSA) is 63.6 Å². The van der Waals surface area contributed by atoms with Crippen LogP contribution in [0.5, 0.6) is 0 Å². The number of ketones is 1. The Balaban J connectivity index is 1.77. The van der Waals surface area contributed by atoms with Crippen LogP contribution in [-0.4, -0.2) is 29.1 Å². The summed E-state index contributed by atoms with van der Waals surface area (Å²) in [5, 5.41) is 10.4. The molecule has 2 saturated carbocycles. The molecule has 0 spiro atoms. The van der Waals surface area contributed by atoms with E-state index >= 15 is 0 Å². The Bertz CT molecular complexity index is 698. The van der Waals surface area contributed by atoms with Crippen molar-refractivity contribution >= 4 is 11.8 Å². The molecule has 0 bridgehead atoms. The monoisotopic (exact) mass is 330 g/mol. The quantitative estimate of drug-likeness (QED) is 0.694. The third kappa shape index (κ3) is 1.89. The Labute approximate surface area is 143 Å². The minimum Gasteiger partial charge on any atom is -0.454 e. The van der Waals surface area contributed by atoms with Crippen LogP contribution in [0.15, 0.2) is 22.8 Å². The molecule has 0 amide bonds. The van der Waals surface area contributed by atoms with Gasteiger partial charge in [0.25, 0.3) is 0 Å². The molecule has 0 aromatic rings. The molecular weight excluding hydrogens is 304 g/mol. The molecule has 4 rings (SSSR count). The van der Waals surface area contributed by atoms with E-state index in [0.29, 0.717) is 12.3 Å². The molecule has 0 aromatic carbocycles. The third-order valence-corrected chi connectivity index (χ3v) is 7.35. The Morgan fingerprint density at radius 1 is 1.25 bits per heavy atom. The van der Waals surface area contributed by atoms with Gasteiger partial charge in [-0.2, -0.15) is 0 Å². The standard InChI is InChI=1S/C20H26O4/c1-10-12-7-11-5-6-16-19(2,3)17(22)14(21)9-20(16,4)13(11)8-15(12)24-18(10)23/h7,13,15-17,22H,5-6,8-9H2,1-4H3/t13-,15+,16-,17-,20+/m1/s1. The molecule has 4 heteroatoms. The number of Topliss-reactive ketones (excluding diaryl/α,β-unsaturated/α-hetero) is 1. The molecule has 0 aromatic heterocycles. The fraction of sp³-hybridized carbons (Fsp3) is 0.700. The number of ether oxygens (including phenoxy) is 1. The molecule has 24 heavy (non-hydrogen) atoms. The summed E-state index contributed by atoms with van der Waals surface area (Å²) in [5.74, 6) is 0.298. The molecule has 3 aliphatic carbocycles. The van der Waals surface area contributed by atoms with Crippen molar-refractivity contribution < 1.29 is 19.4 Å². The van der Waals surface area contributed by atoms with Gasteiger partial charge in [-0.1, -0.05) is 32.4 Å². The van der Waals surface area contributed by atoms with Crippen molar-refractivity contribution in [1.29, 1.82) is 0 Å². The van der Waals surface area contributed by atoms with Crippen LogP contribution in [0.2, 0.25) is 0 Å². The normalized spacial score (nSPS) is 43.6. The van der Waals surface area contributed by atoms with Crippen LogP contribution in [0.4, 0.5) is 0 Å². The second-order valence-electron chi connectivity index (χ2n) is 8.95. The van der Waals surface area contributed by atoms with Gasteiger partial charge in [-0.25, -0.2) is 4.79 Å². The molecule has 5 atom stereocenters. The highest BCUT2D eigenvalue weighted by Gasteiger charge is 2.60. The number of aliphatic hydroxyl groups excluding tert-OH is 1. The molecule has 130 valence electrons. The van der Waals surface area contributed by atoms with Crippen LogP contribution in [0.1, 0.15) is 53.4 Å². The van der Waals surface area contributed by atoms with Gasteiger partial charge in [0.1, 0.15) is 12.2 Å². The first-order chi connectivity index (χ1) is 11.2. The van der Waals surface area contributed by atoms with E-state index in [9.17, 15) is 14.7 Å². The summed E-state index contributed by atoms with van der Waals surface area (Å²) in [5.41, 5.74) is 2.55. The number of hydrogen-bond acceptors (Lipinski definition) is 4. The van der Waals surface area contributed by atoms with Crippen molar-refractivity contribution in [1.82, 2.24) is 0 Å². The maximum atomic E-state index is 12.5. The van der Waals surface area contributed by atoms with Gasteiger partial charge in [-0.3, -0.25) is 4.79 Å². The van der Waals surface area contributed by atoms with Crippen molar-refractivity contribution in [3.8, 4) is 0 Å². The Morgan fingerprint density at radius 3 is 2.67 bits per heavy atom. The largest absolute Gasteiger partial charge is 0.454 e. The highest BCUT2D eigenvalue weighted by atomic mass is 16.5. The predicted molar refractivity (Wildman–Crippen MR) is 89.0 cm³/mol. The van der Waals surface area contributed by atoms with Crippen molar-refractivity contribution in [2.24, 2.45) is 22.7 Å². The van der Waals surface area contributed by atoms with Crippen molar-refractivity contribution in [3.05, 3.63) is 22.8 Å². The maximum Gasteiger partial charge on any atom is 0.334 e. The van der Waals surface area contributed by atoms with E-state index in [2.05, 4.69) is 13.0 Å². The Kier molecular flexibility index (Phi) is 3.22. The van der Waals surface area contributed by atoms with Crippen molar-refractivity contribution in [3.63, 3.8) is 0 Å². The summed E-state index contributed by atoms with van der Waals surface area (Å²) in [4.78, 5) is 24.4. The lowest BCUT2D eigenvalue weighted by Gasteiger charge is -2.59. The van der Waals surface area contributed by atoms with E-state index in [0.717, 1.165) is 30.4 Å². The maximum absolute atomic E-state index is 12.5. The van der Waals surface area contributed by atoms with Crippen LogP contribution in [-0.2, 0) is 14.3 Å². The fourth-order valence-electron chi connectivity index (χ4n) is 6.05. The predicted octanol–water partition coefficient (Wildman–Crippen LogP) is 2.95. The molecule has 4 aliphatic rings. The fourth-order valence-corrected chi connectivity index (χ4v) is 6.05. The zero-order valence-corrected chi connectivity index (χ0v) is 14.9. The van der Waals surface area contributed by atoms with Gasteiger partial charge in [-0.15, -0.1) is 0 Å². The molecule has 1 N–H and O–H groups in total. The lowest BCUT2D eigenvalue weighted by atomic mass is 9.45. The Hall–Kier alpha value is -1.42. The second-order valence-corrected chi connectivity index (χ2v) is 8.95. The zero-order valence-electron chi connectivity index (χ0n) is 14.9. The number of rotatable bonds is 0. The van der Waals surface area contributed by atoms with Gasteiger partial charge in [0.15, 0.2) is 5.78 Å². The van der Waals surface area contributed by atoms with Gasteiger partial charge >= 0.3 is 5.97 Å². The summed E-state index contributed by atoms with van der Waals surface area (Å²) >= 11 is 0. The minimum atomic E-state index is -0.869. The number of carbonyl (C=O) groups is 2. The zero-order chi connectivity index (χ0) is 17.4. The first-order valence-electron chi connectivity index (χ1n) is 8.99. The molecular formula is C20H26O4. The van der Waals surface area contributed by atoms with Gasteiger partial charge in [0.2, 0.25) is 0 Å². The van der Waals surface area contributed by atoms with Gasteiger partial charge in [0, 0.05) is 23.0 Å². The average molecular weight is 330 g/mol. The average Bonchev–Trinajstić information content (AvgIpc) is 2.78. The lowest BCUT2D eigenvalue weighted by molar-refractivity contribution is -0.164. The summed E-state index contributed by atoms with van der Waals surface area (Å²) in [6.45, 7) is 8.10. The van der Waals surface area contributed by atoms with Gasteiger partial charge < -0.3 is 9.84 Å². The van der Waals surface area contributed by atoms with E-state index in [1.807, 2.05) is 20.8 Å². The summed E-state index contributed by atoms with van der Waals surface area (Å²) < 4.78 is 5.56. The van der Waals surface area contributed by atoms with Crippen molar-refractivity contribution in [2.45, 2.75) is 65.6 Å². The molecule has 0 unspecified atom stereocenters. The molecule has 1 aliphatic heterocycles. The molecule has 0 radical (unpaired) electrons. The van der Waals surface area contributed by atoms with Crippen LogP contribution in [0.3, 0.4) is 0 Å². The van der Waals surface area contributed by atoms with Crippen LogP contribution < -0.4 is 0 Å². The highest BCUT2D eigenvalue weighted by molar-refractivity contribution is 5.92. The van der Waals surface area contributed by atoms with Crippen LogP contribution in [0, 0.1) is 22.7 Å². The SMILES string of the molecule is CC1=C2C=C3CC[C@@H]4C(C)(C)[C@H](O)C(=O)C[C@@]4(C)[C@@H]3C[C@@H]2OC1=O. The van der Waals surface area contributed by atoms with E-state index < -0.39 is 11.5 Å². The third-order valence-electron chi connectivity index (χ3n) is 7.35. The Morgan fingerprint density at radius 2 is 1.96 bits per heavy atom. The van der Waals surface area contributed by atoms with Crippen LogP contribution >= 0.6 is 0 Å². The smallest absolute Gasteiger partial charge is 0.334 e. The molecule has 0 saturated heterocycles. The summed E-state index contributed by atoms with van der Waals surface area (Å²) in [7, 11) is 0. The minimum absolute atomic E-state index is 0.0408. The summed E-state index contributed by atoms with van der Waals surface area (Å²) in [6.07, 6.45) is 4.30. The van der Waals surface area contributed by atoms with E-state index in [1.54, 1.807) is 0 Å². The highest BCUT2D eigenvalue weighted by Crippen LogP contribution is 2.62. The van der Waals surface area contributed by atoms with E-state index in [-0.39, 0.29) is 29.2 Å². The lowest BCUT2D eigenvalue weighted by Crippen LogP contribution is -2.59. The van der Waals surface area contributed by atoms with Crippen molar-refractivity contribution in [2.75, 3.05) is 0 Å². The number of fused-ring (bicyclic) bond motifs is 4. The number of allylic oxidation sites excluding steroid dienone is 1.